The molecule has 9 nitrogen and oxygen atoms in total. The van der Waals surface area contributed by atoms with Gasteiger partial charge in [0.1, 0.15) is 18.7 Å². The maximum Gasteiger partial charge on any atom is 0.329 e. The average molecular weight is 493 g/mol. The van der Waals surface area contributed by atoms with E-state index in [1.54, 1.807) is 36.5 Å². The van der Waals surface area contributed by atoms with Gasteiger partial charge in [-0.3, -0.25) is 14.4 Å². The summed E-state index contributed by atoms with van der Waals surface area (Å²) in [4.78, 5) is 50.8. The third-order valence-corrected chi connectivity index (χ3v) is 5.52. The number of aromatic nitrogens is 1. The zero-order valence-corrected chi connectivity index (χ0v) is 21.0. The second-order valence-electron chi connectivity index (χ2n) is 9.38. The van der Waals surface area contributed by atoms with Crippen molar-refractivity contribution in [1.29, 1.82) is 5.26 Å². The Morgan fingerprint density at radius 3 is 2.39 bits per heavy atom. The summed E-state index contributed by atoms with van der Waals surface area (Å²) >= 11 is 0. The smallest absolute Gasteiger partial charge is 0.329 e. The fourth-order valence-corrected chi connectivity index (χ4v) is 3.52. The summed E-state index contributed by atoms with van der Waals surface area (Å²) < 4.78 is 6.65. The van der Waals surface area contributed by atoms with Gasteiger partial charge in [0.05, 0.1) is 18.1 Å². The number of Topliss-reactive ketones (excluding diaryl/α,β-unsaturated/α-hetero) is 1. The molecule has 0 aliphatic carbocycles. The van der Waals surface area contributed by atoms with Crippen molar-refractivity contribution in [3.05, 3.63) is 72.1 Å². The van der Waals surface area contributed by atoms with E-state index >= 15 is 0 Å². The summed E-state index contributed by atoms with van der Waals surface area (Å²) in [7, 11) is 1.49. The van der Waals surface area contributed by atoms with Gasteiger partial charge in [0.15, 0.2) is 5.78 Å². The van der Waals surface area contributed by atoms with Gasteiger partial charge in [-0.2, -0.15) is 5.26 Å². The van der Waals surface area contributed by atoms with E-state index in [9.17, 15) is 19.2 Å². The van der Waals surface area contributed by atoms with E-state index in [-0.39, 0.29) is 31.1 Å². The molecule has 2 N–H and O–H groups in total. The molecule has 0 aliphatic rings. The van der Waals surface area contributed by atoms with Crippen LogP contribution in [-0.2, 0) is 25.5 Å². The molecule has 1 aromatic heterocycles. The molecule has 0 saturated heterocycles. The minimum Gasteiger partial charge on any atom is -0.460 e. The number of benzene rings is 1. The number of nitrogens with one attached hydrogen (secondary N) is 2. The lowest BCUT2D eigenvalue weighted by molar-refractivity contribution is -0.148. The first kappa shape index (κ1) is 28.1. The maximum atomic E-state index is 12.9. The van der Waals surface area contributed by atoms with Crippen molar-refractivity contribution in [2.75, 3.05) is 13.7 Å². The number of esters is 1. The fraction of sp³-hybridized carbons (Fsp3) is 0.370. The molecule has 1 aromatic carbocycles. The molecule has 0 aliphatic heterocycles. The molecular formula is C27H32N4O5. The minimum absolute atomic E-state index is 0.0362. The SMILES string of the molecule is C=CCOC(=O)[C@@H](CC(=O)N[C@H](C(=O)NC)C(C)(C)C)n1ccc(C(=O)Cc2ccc(C#N)cc2)c1. The van der Waals surface area contributed by atoms with Crippen molar-refractivity contribution in [3.8, 4) is 6.07 Å². The number of amides is 2. The molecule has 2 amide bonds. The Balaban J connectivity index is 2.22. The number of ketones is 1. The number of nitrogens with zero attached hydrogens (tertiary/aromatic N) is 2. The van der Waals surface area contributed by atoms with Crippen LogP contribution >= 0.6 is 0 Å². The molecule has 0 radical (unpaired) electrons. The topological polar surface area (TPSA) is 130 Å². The molecule has 0 spiro atoms. The van der Waals surface area contributed by atoms with Gasteiger partial charge < -0.3 is 19.9 Å². The summed E-state index contributed by atoms with van der Waals surface area (Å²) in [6.45, 7) is 8.95. The first-order valence-electron chi connectivity index (χ1n) is 11.5. The lowest BCUT2D eigenvalue weighted by atomic mass is 9.86. The van der Waals surface area contributed by atoms with Gasteiger partial charge in [-0.1, -0.05) is 45.6 Å². The number of carbonyl (C=O) groups excluding carboxylic acids is 4. The predicted molar refractivity (Wildman–Crippen MR) is 134 cm³/mol. The van der Waals surface area contributed by atoms with E-state index in [4.69, 9.17) is 10.00 Å². The van der Waals surface area contributed by atoms with Gasteiger partial charge in [0, 0.05) is 31.4 Å². The number of rotatable bonds is 11. The third-order valence-electron chi connectivity index (χ3n) is 5.52. The highest BCUT2D eigenvalue weighted by molar-refractivity contribution is 5.97. The van der Waals surface area contributed by atoms with Crippen LogP contribution in [0.4, 0.5) is 0 Å². The van der Waals surface area contributed by atoms with Crippen molar-refractivity contribution in [2.24, 2.45) is 5.41 Å². The fourth-order valence-electron chi connectivity index (χ4n) is 3.52. The van der Waals surface area contributed by atoms with Crippen LogP contribution in [0.3, 0.4) is 0 Å². The molecule has 0 unspecified atom stereocenters. The monoisotopic (exact) mass is 492 g/mol. The van der Waals surface area contributed by atoms with Crippen LogP contribution < -0.4 is 10.6 Å². The molecule has 0 saturated carbocycles. The molecule has 1 heterocycles. The predicted octanol–water partition coefficient (Wildman–Crippen LogP) is 2.72. The van der Waals surface area contributed by atoms with Crippen LogP contribution in [0.15, 0.2) is 55.4 Å². The Morgan fingerprint density at radius 2 is 1.83 bits per heavy atom. The molecule has 36 heavy (non-hydrogen) atoms. The van der Waals surface area contributed by atoms with Crippen molar-refractivity contribution < 1.29 is 23.9 Å². The molecule has 0 fully saturated rings. The highest BCUT2D eigenvalue weighted by Gasteiger charge is 2.34. The summed E-state index contributed by atoms with van der Waals surface area (Å²) in [5.41, 5.74) is 1.05. The quantitative estimate of drug-likeness (QED) is 0.282. The molecule has 2 rings (SSSR count). The van der Waals surface area contributed by atoms with Crippen LogP contribution in [0.1, 0.15) is 54.7 Å². The van der Waals surface area contributed by atoms with E-state index in [1.807, 2.05) is 26.8 Å². The van der Waals surface area contributed by atoms with Gasteiger partial charge >= 0.3 is 5.97 Å². The van der Waals surface area contributed by atoms with Crippen LogP contribution in [0, 0.1) is 16.7 Å². The molecule has 2 aromatic rings. The Labute approximate surface area is 211 Å². The number of hydrogen-bond acceptors (Lipinski definition) is 6. The first-order chi connectivity index (χ1) is 17.0. The normalized spacial score (nSPS) is 12.5. The summed E-state index contributed by atoms with van der Waals surface area (Å²) in [5, 5.41) is 14.2. The summed E-state index contributed by atoms with van der Waals surface area (Å²) in [6, 6.07) is 8.45. The highest BCUT2D eigenvalue weighted by atomic mass is 16.5. The van der Waals surface area contributed by atoms with Gasteiger partial charge in [-0.15, -0.1) is 0 Å². The first-order valence-corrected chi connectivity index (χ1v) is 11.5. The van der Waals surface area contributed by atoms with Gasteiger partial charge in [-0.05, 0) is 29.2 Å². The minimum atomic E-state index is -1.05. The average Bonchev–Trinajstić information content (AvgIpc) is 3.33. The lowest BCUT2D eigenvalue weighted by Crippen LogP contribution is -2.53. The van der Waals surface area contributed by atoms with Crippen molar-refractivity contribution in [3.63, 3.8) is 0 Å². The molecule has 0 bridgehead atoms. The highest BCUT2D eigenvalue weighted by Crippen LogP contribution is 2.22. The number of carbonyl (C=O) groups is 4. The Morgan fingerprint density at radius 1 is 1.17 bits per heavy atom. The van der Waals surface area contributed by atoms with Gasteiger partial charge in [0.2, 0.25) is 11.8 Å². The number of nitriles is 1. The Hall–Kier alpha value is -4.19. The van der Waals surface area contributed by atoms with E-state index < -0.39 is 29.4 Å². The molecule has 2 atom stereocenters. The van der Waals surface area contributed by atoms with Gasteiger partial charge in [-0.25, -0.2) is 4.79 Å². The maximum absolute atomic E-state index is 12.9. The van der Waals surface area contributed by atoms with E-state index in [0.29, 0.717) is 11.1 Å². The van der Waals surface area contributed by atoms with Gasteiger partial charge in [0.25, 0.3) is 0 Å². The number of likely N-dealkylation sites (N-methyl/N-ethyl adjacent to an activating group) is 1. The second kappa shape index (κ2) is 12.5. The van der Waals surface area contributed by atoms with Crippen LogP contribution in [0.25, 0.3) is 0 Å². The second-order valence-corrected chi connectivity index (χ2v) is 9.38. The molecule has 9 heteroatoms. The van der Waals surface area contributed by atoms with Crippen molar-refractivity contribution in [2.45, 2.75) is 45.7 Å². The largest absolute Gasteiger partial charge is 0.460 e. The third kappa shape index (κ3) is 7.67. The summed E-state index contributed by atoms with van der Waals surface area (Å²) in [6.07, 6.45) is 4.27. The Kier molecular flexibility index (Phi) is 9.74. The van der Waals surface area contributed by atoms with E-state index in [2.05, 4.69) is 17.2 Å². The number of ether oxygens (including phenoxy) is 1. The van der Waals surface area contributed by atoms with Crippen molar-refractivity contribution in [1.82, 2.24) is 15.2 Å². The van der Waals surface area contributed by atoms with E-state index in [0.717, 1.165) is 5.56 Å². The summed E-state index contributed by atoms with van der Waals surface area (Å²) in [5.74, 6) is -1.72. The standard InChI is InChI=1S/C27H32N4O5/c1-6-13-36-26(35)21(15-23(33)30-24(25(34)29-5)27(2,3)4)31-12-11-20(17-31)22(32)14-18-7-9-19(16-28)10-8-18/h6-12,17,21,24H,1,13-15H2,2-5H3,(H,29,34)(H,30,33)/t21-,24-/m1/s1. The molecular weight excluding hydrogens is 460 g/mol. The van der Waals surface area contributed by atoms with Crippen LogP contribution in [-0.4, -0.2) is 47.8 Å². The zero-order chi connectivity index (χ0) is 26.9. The van der Waals surface area contributed by atoms with Crippen molar-refractivity contribution >= 4 is 23.6 Å². The zero-order valence-electron chi connectivity index (χ0n) is 21.0. The van der Waals surface area contributed by atoms with Crippen LogP contribution in [0.2, 0.25) is 0 Å². The number of hydrogen-bond donors (Lipinski definition) is 2. The lowest BCUT2D eigenvalue weighted by Gasteiger charge is -2.30. The molecule has 190 valence electrons. The van der Waals surface area contributed by atoms with E-state index in [1.165, 1.54) is 23.9 Å². The van der Waals surface area contributed by atoms with Crippen LogP contribution in [0.5, 0.6) is 0 Å². The Bertz CT molecular complexity index is 1150.